The van der Waals surface area contributed by atoms with Crippen molar-refractivity contribution in [1.82, 2.24) is 4.90 Å². The van der Waals surface area contributed by atoms with Crippen LogP contribution in [0.25, 0.3) is 0 Å². The Balaban J connectivity index is 1.29. The number of nitrogens with zero attached hydrogens (tertiary/aromatic N) is 1. The Labute approximate surface area is 208 Å². The van der Waals surface area contributed by atoms with E-state index >= 15 is 0 Å². The number of hydrogen-bond acceptors (Lipinski definition) is 9. The van der Waals surface area contributed by atoms with E-state index in [1.807, 2.05) is 26.0 Å². The maximum Gasteiger partial charge on any atom is 0.475 e. The monoisotopic (exact) mass is 526 g/mol. The number of amides is 1. The van der Waals surface area contributed by atoms with Crippen LogP contribution in [0.15, 0.2) is 48.3 Å². The standard InChI is InChI=1S/C23H28ClN2O8P/c1-23(2)32-19-18(31-22(20(19)33-23)26-9-4-6-15(12-26)21(25)27)13-30-35(28)29-10-8-17(34-35)14-5-3-7-16(24)11-14/h3-5,7,9,11-12,17-20,22H,6,8,10,13H2,1-2H3,(H2,25,27)/t17?,18?,19-,20-,22-,35?/m1/s1. The molecule has 1 amide bonds. The van der Waals surface area contributed by atoms with Crippen LogP contribution in [0, 0.1) is 0 Å². The maximum absolute atomic E-state index is 13.3. The Kier molecular flexibility index (Phi) is 6.84. The molecule has 6 atom stereocenters. The first-order chi connectivity index (χ1) is 16.6. The molecule has 3 fully saturated rings. The number of halogens is 1. The molecule has 4 heterocycles. The van der Waals surface area contributed by atoms with E-state index in [0.717, 1.165) is 5.56 Å². The Morgan fingerprint density at radius 2 is 2.11 bits per heavy atom. The highest BCUT2D eigenvalue weighted by atomic mass is 35.5. The average Bonchev–Trinajstić information content (AvgIpc) is 3.30. The Morgan fingerprint density at radius 1 is 1.31 bits per heavy atom. The van der Waals surface area contributed by atoms with Gasteiger partial charge in [0, 0.05) is 29.4 Å². The number of phosphoric ester groups is 1. The van der Waals surface area contributed by atoms with Gasteiger partial charge in [-0.1, -0.05) is 29.8 Å². The van der Waals surface area contributed by atoms with Crippen LogP contribution in [0.3, 0.4) is 0 Å². The summed E-state index contributed by atoms with van der Waals surface area (Å²) in [5.41, 5.74) is 6.71. The molecule has 2 N–H and O–H groups in total. The summed E-state index contributed by atoms with van der Waals surface area (Å²) in [5.74, 6) is -1.36. The second kappa shape index (κ2) is 9.61. The van der Waals surface area contributed by atoms with Gasteiger partial charge in [-0.2, -0.15) is 0 Å². The van der Waals surface area contributed by atoms with Gasteiger partial charge in [0.05, 0.1) is 19.3 Å². The maximum atomic E-state index is 13.3. The Bertz CT molecular complexity index is 1100. The number of carbonyl (C=O) groups is 1. The molecule has 0 saturated carbocycles. The van der Waals surface area contributed by atoms with Gasteiger partial charge in [-0.3, -0.25) is 18.4 Å². The van der Waals surface area contributed by atoms with Crippen LogP contribution in [0.4, 0.5) is 0 Å². The molecule has 0 spiro atoms. The van der Waals surface area contributed by atoms with E-state index in [1.165, 1.54) is 0 Å². The zero-order valence-corrected chi connectivity index (χ0v) is 21.0. The number of allylic oxidation sites excluding steroid dienone is 1. The lowest BCUT2D eigenvalue weighted by Gasteiger charge is -2.32. The summed E-state index contributed by atoms with van der Waals surface area (Å²) in [6.45, 7) is 3.71. The zero-order chi connectivity index (χ0) is 24.8. The summed E-state index contributed by atoms with van der Waals surface area (Å²) < 4.78 is 48.5. The van der Waals surface area contributed by atoms with Crippen LogP contribution < -0.4 is 5.73 Å². The lowest BCUT2D eigenvalue weighted by atomic mass is 10.1. The van der Waals surface area contributed by atoms with E-state index in [0.29, 0.717) is 23.4 Å². The van der Waals surface area contributed by atoms with Crippen molar-refractivity contribution in [3.8, 4) is 0 Å². The van der Waals surface area contributed by atoms with Crippen LogP contribution >= 0.6 is 19.4 Å². The number of rotatable bonds is 6. The summed E-state index contributed by atoms with van der Waals surface area (Å²) >= 11 is 6.09. The SMILES string of the molecule is CC1(C)O[C@@H]2[C@H](O1)C(COP1(=O)OCCC(c3cccc(Cl)c3)O1)O[C@H]2N1C=CCC(C(N)=O)=C1. The van der Waals surface area contributed by atoms with Crippen LogP contribution in [-0.2, 0) is 37.1 Å². The quantitative estimate of drug-likeness (QED) is 0.552. The molecule has 0 bridgehead atoms. The predicted molar refractivity (Wildman–Crippen MR) is 125 cm³/mol. The largest absolute Gasteiger partial charge is 0.475 e. The van der Waals surface area contributed by atoms with Crippen molar-refractivity contribution in [3.63, 3.8) is 0 Å². The fourth-order valence-electron chi connectivity index (χ4n) is 4.61. The molecule has 5 rings (SSSR count). The smallest absolute Gasteiger partial charge is 0.366 e. The molecule has 0 radical (unpaired) electrons. The summed E-state index contributed by atoms with van der Waals surface area (Å²) in [4.78, 5) is 13.4. The summed E-state index contributed by atoms with van der Waals surface area (Å²) in [6, 6.07) is 7.19. The molecule has 4 aliphatic heterocycles. The molecule has 35 heavy (non-hydrogen) atoms. The van der Waals surface area contributed by atoms with Gasteiger partial charge >= 0.3 is 7.82 Å². The number of fused-ring (bicyclic) bond motifs is 1. The normalized spacial score (nSPS) is 36.1. The number of phosphoric acid groups is 1. The van der Waals surface area contributed by atoms with E-state index in [2.05, 4.69) is 0 Å². The third kappa shape index (κ3) is 5.35. The van der Waals surface area contributed by atoms with Crippen LogP contribution in [0.5, 0.6) is 0 Å². The number of ether oxygens (including phenoxy) is 3. The van der Waals surface area contributed by atoms with Gasteiger partial charge in [-0.15, -0.1) is 0 Å². The molecule has 1 aromatic rings. The zero-order valence-electron chi connectivity index (χ0n) is 19.4. The minimum atomic E-state index is -3.87. The molecular weight excluding hydrogens is 499 g/mol. The van der Waals surface area contributed by atoms with Crippen molar-refractivity contribution >= 4 is 25.3 Å². The van der Waals surface area contributed by atoms with E-state index in [9.17, 15) is 9.36 Å². The highest BCUT2D eigenvalue weighted by molar-refractivity contribution is 7.48. The second-order valence-electron chi connectivity index (χ2n) is 9.20. The number of hydrogen-bond donors (Lipinski definition) is 1. The summed E-state index contributed by atoms with van der Waals surface area (Å²) in [5, 5.41) is 0.561. The number of carbonyl (C=O) groups excluding carboxylic acids is 1. The van der Waals surface area contributed by atoms with Gasteiger partial charge in [0.15, 0.2) is 12.0 Å². The molecule has 3 saturated heterocycles. The summed E-state index contributed by atoms with van der Waals surface area (Å²) in [7, 11) is -3.87. The molecule has 0 aromatic heterocycles. The molecule has 10 nitrogen and oxygen atoms in total. The van der Waals surface area contributed by atoms with Gasteiger partial charge in [0.2, 0.25) is 5.91 Å². The molecular formula is C23H28ClN2O8P. The topological polar surface area (TPSA) is 119 Å². The van der Waals surface area contributed by atoms with Gasteiger partial charge < -0.3 is 24.8 Å². The molecule has 0 aliphatic carbocycles. The van der Waals surface area contributed by atoms with Crippen LogP contribution in [0.1, 0.15) is 38.4 Å². The Hall–Kier alpha value is -1.75. The van der Waals surface area contributed by atoms with Gasteiger partial charge in [-0.05, 0) is 38.0 Å². The van der Waals surface area contributed by atoms with Crippen LogP contribution in [-0.4, -0.2) is 54.3 Å². The van der Waals surface area contributed by atoms with Gasteiger partial charge in [0.1, 0.15) is 18.3 Å². The van der Waals surface area contributed by atoms with E-state index in [-0.39, 0.29) is 13.2 Å². The first-order valence-corrected chi connectivity index (χ1v) is 13.2. The van der Waals surface area contributed by atoms with Gasteiger partial charge in [-0.25, -0.2) is 4.57 Å². The first kappa shape index (κ1) is 24.9. The molecule has 190 valence electrons. The van der Waals surface area contributed by atoms with E-state index < -0.39 is 50.2 Å². The highest BCUT2D eigenvalue weighted by Gasteiger charge is 2.57. The van der Waals surface area contributed by atoms with E-state index in [1.54, 1.807) is 35.5 Å². The number of benzene rings is 1. The molecule has 4 aliphatic rings. The minimum Gasteiger partial charge on any atom is -0.366 e. The predicted octanol–water partition coefficient (Wildman–Crippen LogP) is 3.78. The first-order valence-electron chi connectivity index (χ1n) is 11.4. The van der Waals surface area contributed by atoms with E-state index in [4.69, 9.17) is 45.1 Å². The minimum absolute atomic E-state index is 0.111. The van der Waals surface area contributed by atoms with Crippen LogP contribution in [0.2, 0.25) is 5.02 Å². The second-order valence-corrected chi connectivity index (χ2v) is 11.3. The fourth-order valence-corrected chi connectivity index (χ4v) is 6.20. The van der Waals surface area contributed by atoms with Crippen molar-refractivity contribution in [1.29, 1.82) is 0 Å². The average molecular weight is 527 g/mol. The van der Waals surface area contributed by atoms with Gasteiger partial charge in [0.25, 0.3) is 0 Å². The van der Waals surface area contributed by atoms with Crippen molar-refractivity contribution in [2.24, 2.45) is 5.73 Å². The lowest BCUT2D eigenvalue weighted by molar-refractivity contribution is -0.201. The third-order valence-corrected chi connectivity index (χ3v) is 7.87. The molecule has 3 unspecified atom stereocenters. The Morgan fingerprint density at radius 3 is 2.89 bits per heavy atom. The van der Waals surface area contributed by atoms with Crippen molar-refractivity contribution in [2.45, 2.75) is 63.1 Å². The van der Waals surface area contributed by atoms with Crippen molar-refractivity contribution < 1.29 is 37.1 Å². The molecule has 12 heteroatoms. The lowest BCUT2D eigenvalue weighted by Crippen LogP contribution is -2.40. The highest BCUT2D eigenvalue weighted by Crippen LogP contribution is 2.57. The molecule has 1 aromatic carbocycles. The third-order valence-electron chi connectivity index (χ3n) is 6.16. The summed E-state index contributed by atoms with van der Waals surface area (Å²) in [6.07, 6.45) is 3.53. The number of nitrogens with two attached hydrogens (primary N) is 1. The number of primary amides is 1. The van der Waals surface area contributed by atoms with Crippen molar-refractivity contribution in [3.05, 3.63) is 58.9 Å². The fraction of sp³-hybridized carbons (Fsp3) is 0.522. The van der Waals surface area contributed by atoms with Crippen molar-refractivity contribution in [2.75, 3.05) is 13.2 Å².